The minimum absolute atomic E-state index is 0.00806. The zero-order valence-corrected chi connectivity index (χ0v) is 26.9. The summed E-state index contributed by atoms with van der Waals surface area (Å²) in [6.45, 7) is 6.47. The Labute approximate surface area is 273 Å². The highest BCUT2D eigenvalue weighted by molar-refractivity contribution is 7.87. The molecule has 3 aromatic rings. The van der Waals surface area contributed by atoms with Crippen molar-refractivity contribution in [2.24, 2.45) is 0 Å². The van der Waals surface area contributed by atoms with Gasteiger partial charge in [0.05, 0.1) is 17.5 Å². The number of carbonyl (C=O) groups excluding carboxylic acids is 1. The maximum absolute atomic E-state index is 12.9. The first kappa shape index (κ1) is 36.3. The van der Waals surface area contributed by atoms with Crippen LogP contribution >= 0.6 is 0 Å². The SMILES string of the molecule is CC(C)(C)OC(=O)N1CC=C(OS(=O)(=O)C(F)(F)F)CC1.FC(F)(F)c1cccc(-c2cnc(C3=CCN(c4ccccn4)CC3)[nH]2)c1. The van der Waals surface area contributed by atoms with Gasteiger partial charge < -0.3 is 23.7 Å². The molecule has 0 saturated carbocycles. The molecule has 260 valence electrons. The maximum atomic E-state index is 12.9. The Kier molecular flexibility index (Phi) is 10.8. The van der Waals surface area contributed by atoms with Crippen LogP contribution in [0.4, 0.5) is 37.0 Å². The van der Waals surface area contributed by atoms with E-state index in [0.717, 1.165) is 42.6 Å². The van der Waals surface area contributed by atoms with Gasteiger partial charge in [0.15, 0.2) is 0 Å². The number of pyridine rings is 1. The molecule has 0 fully saturated rings. The molecule has 2 aliphatic heterocycles. The van der Waals surface area contributed by atoms with Gasteiger partial charge in [-0.25, -0.2) is 14.8 Å². The second-order valence-electron chi connectivity index (χ2n) is 11.7. The molecule has 1 amide bonds. The summed E-state index contributed by atoms with van der Waals surface area (Å²) in [7, 11) is -5.67. The van der Waals surface area contributed by atoms with Gasteiger partial charge in [0.25, 0.3) is 0 Å². The Bertz CT molecular complexity index is 1750. The number of alkyl halides is 6. The highest BCUT2D eigenvalue weighted by atomic mass is 32.2. The van der Waals surface area contributed by atoms with E-state index in [4.69, 9.17) is 4.74 Å². The Morgan fingerprint density at radius 1 is 0.917 bits per heavy atom. The van der Waals surface area contributed by atoms with E-state index in [1.54, 1.807) is 39.2 Å². The molecule has 0 radical (unpaired) electrons. The lowest BCUT2D eigenvalue weighted by molar-refractivity contribution is -0.137. The number of carbonyl (C=O) groups is 1. The van der Waals surface area contributed by atoms with Crippen LogP contribution in [0.2, 0.25) is 0 Å². The number of aromatic amines is 1. The van der Waals surface area contributed by atoms with Crippen LogP contribution in [0.25, 0.3) is 16.8 Å². The normalized spacial score (nSPS) is 15.9. The number of imidazole rings is 1. The van der Waals surface area contributed by atoms with E-state index in [1.807, 2.05) is 18.2 Å². The lowest BCUT2D eigenvalue weighted by Gasteiger charge is -2.29. The highest BCUT2D eigenvalue weighted by Crippen LogP contribution is 2.33. The predicted molar refractivity (Wildman–Crippen MR) is 165 cm³/mol. The Hall–Kier alpha value is -4.54. The van der Waals surface area contributed by atoms with E-state index in [2.05, 4.69) is 30.1 Å². The van der Waals surface area contributed by atoms with Crippen LogP contribution in [0.5, 0.6) is 0 Å². The zero-order chi connectivity index (χ0) is 35.3. The zero-order valence-electron chi connectivity index (χ0n) is 26.1. The average Bonchev–Trinajstić information content (AvgIpc) is 3.51. The number of halogens is 6. The highest BCUT2D eigenvalue weighted by Gasteiger charge is 2.49. The summed E-state index contributed by atoms with van der Waals surface area (Å²) in [5.74, 6) is 1.28. The second kappa shape index (κ2) is 14.3. The van der Waals surface area contributed by atoms with Gasteiger partial charge in [0.1, 0.15) is 23.0 Å². The van der Waals surface area contributed by atoms with Crippen LogP contribution in [-0.4, -0.2) is 71.7 Å². The summed E-state index contributed by atoms with van der Waals surface area (Å²) in [5.41, 5.74) is -4.74. The third-order valence-electron chi connectivity index (χ3n) is 6.88. The minimum atomic E-state index is -5.67. The third-order valence-corrected chi connectivity index (χ3v) is 7.88. The number of nitrogens with zero attached hydrogens (tertiary/aromatic N) is 4. The topological polar surface area (TPSA) is 118 Å². The molecule has 48 heavy (non-hydrogen) atoms. The predicted octanol–water partition coefficient (Wildman–Crippen LogP) is 7.16. The van der Waals surface area contributed by atoms with Gasteiger partial charge in [-0.05, 0) is 63.1 Å². The molecular weight excluding hydrogens is 668 g/mol. The molecule has 4 heterocycles. The van der Waals surface area contributed by atoms with Crippen LogP contribution < -0.4 is 4.90 Å². The number of benzene rings is 1. The number of hydrogen-bond acceptors (Lipinski definition) is 8. The van der Waals surface area contributed by atoms with Crippen LogP contribution in [0.1, 0.15) is 45.0 Å². The third kappa shape index (κ3) is 9.74. The number of H-pyrrole nitrogens is 1. The smallest absolute Gasteiger partial charge is 0.444 e. The van der Waals surface area contributed by atoms with Crippen LogP contribution in [-0.2, 0) is 25.2 Å². The molecule has 1 N–H and O–H groups in total. The maximum Gasteiger partial charge on any atom is 0.534 e. The van der Waals surface area contributed by atoms with Crippen LogP contribution in [0, 0.1) is 0 Å². The fourth-order valence-corrected chi connectivity index (χ4v) is 5.06. The van der Waals surface area contributed by atoms with Crippen molar-refractivity contribution in [1.82, 2.24) is 19.9 Å². The van der Waals surface area contributed by atoms with Gasteiger partial charge in [-0.3, -0.25) is 0 Å². The standard InChI is InChI=1S/C20H17F3N4.C11H16F3NO5S/c21-20(22,23)16-5-3-4-15(12-16)17-13-25-19(26-17)14-7-10-27(11-8-14)18-6-1-2-9-24-18;1-10(2,3)19-9(16)15-6-4-8(5-7-15)20-21(17,18)11(12,13)14/h1-7,9,12-13H,8,10-11H2,(H,25,26);4H,5-7H2,1-3H3. The largest absolute Gasteiger partial charge is 0.534 e. The molecule has 2 aromatic heterocycles. The fraction of sp³-hybridized carbons (Fsp3) is 0.387. The molecule has 0 bridgehead atoms. The number of ether oxygens (including phenoxy) is 1. The van der Waals surface area contributed by atoms with Gasteiger partial charge in [-0.2, -0.15) is 34.8 Å². The molecule has 0 aliphatic carbocycles. The van der Waals surface area contributed by atoms with Crippen molar-refractivity contribution in [3.63, 3.8) is 0 Å². The Morgan fingerprint density at radius 2 is 1.67 bits per heavy atom. The van der Waals surface area contributed by atoms with Gasteiger partial charge in [0.2, 0.25) is 0 Å². The van der Waals surface area contributed by atoms with Gasteiger partial charge >= 0.3 is 27.9 Å². The van der Waals surface area contributed by atoms with Crippen molar-refractivity contribution in [2.45, 2.75) is 50.9 Å². The van der Waals surface area contributed by atoms with Crippen molar-refractivity contribution in [2.75, 3.05) is 31.1 Å². The molecule has 0 saturated heterocycles. The molecule has 1 aromatic carbocycles. The molecule has 0 unspecified atom stereocenters. The number of amides is 1. The second-order valence-corrected chi connectivity index (χ2v) is 13.2. The van der Waals surface area contributed by atoms with Crippen LogP contribution in [0.3, 0.4) is 0 Å². The molecule has 5 rings (SSSR count). The number of aromatic nitrogens is 3. The Balaban J connectivity index is 0.000000225. The van der Waals surface area contributed by atoms with Crippen molar-refractivity contribution < 1.29 is 48.5 Å². The fourth-order valence-electron chi connectivity index (χ4n) is 4.53. The molecule has 0 atom stereocenters. The summed E-state index contributed by atoms with van der Waals surface area (Å²) >= 11 is 0. The summed E-state index contributed by atoms with van der Waals surface area (Å²) < 4.78 is 106. The van der Waals surface area contributed by atoms with E-state index in [0.29, 0.717) is 23.6 Å². The van der Waals surface area contributed by atoms with Gasteiger partial charge in [-0.1, -0.05) is 24.3 Å². The monoisotopic (exact) mass is 701 g/mol. The van der Waals surface area contributed by atoms with Crippen molar-refractivity contribution in [3.05, 3.63) is 84.2 Å². The quantitative estimate of drug-likeness (QED) is 0.169. The number of anilines is 1. The van der Waals surface area contributed by atoms with E-state index in [9.17, 15) is 39.6 Å². The summed E-state index contributed by atoms with van der Waals surface area (Å²) in [4.78, 5) is 27.0. The number of rotatable bonds is 5. The van der Waals surface area contributed by atoms with Crippen molar-refractivity contribution >= 4 is 27.6 Å². The lowest BCUT2D eigenvalue weighted by Crippen LogP contribution is -2.39. The van der Waals surface area contributed by atoms with Gasteiger partial charge in [0, 0.05) is 44.4 Å². The molecule has 10 nitrogen and oxygen atoms in total. The van der Waals surface area contributed by atoms with E-state index < -0.39 is 39.1 Å². The minimum Gasteiger partial charge on any atom is -0.444 e. The summed E-state index contributed by atoms with van der Waals surface area (Å²) in [5, 5.41) is 0. The number of hydrogen-bond donors (Lipinski definition) is 1. The van der Waals surface area contributed by atoms with Crippen LogP contribution in [0.15, 0.2) is 72.8 Å². The van der Waals surface area contributed by atoms with E-state index >= 15 is 0 Å². The van der Waals surface area contributed by atoms with Gasteiger partial charge in [-0.15, -0.1) is 0 Å². The first-order valence-corrected chi connectivity index (χ1v) is 16.0. The first-order valence-electron chi connectivity index (χ1n) is 14.6. The molecule has 0 spiro atoms. The summed E-state index contributed by atoms with van der Waals surface area (Å²) in [6.07, 6.45) is 2.18. The molecule has 17 heteroatoms. The molecule has 2 aliphatic rings. The molecular formula is C31H33F6N5O5S. The number of nitrogens with one attached hydrogen (secondary N) is 1. The lowest BCUT2D eigenvalue weighted by atomic mass is 10.1. The van der Waals surface area contributed by atoms with E-state index in [1.165, 1.54) is 11.0 Å². The summed E-state index contributed by atoms with van der Waals surface area (Å²) in [6, 6.07) is 11.1. The Morgan fingerprint density at radius 3 is 2.23 bits per heavy atom. The average molecular weight is 702 g/mol. The van der Waals surface area contributed by atoms with Crippen molar-refractivity contribution in [1.29, 1.82) is 0 Å². The first-order chi connectivity index (χ1) is 22.3. The van der Waals surface area contributed by atoms with Crippen molar-refractivity contribution in [3.8, 4) is 11.3 Å². The van der Waals surface area contributed by atoms with E-state index in [-0.39, 0.29) is 25.3 Å².